The predicted octanol–water partition coefficient (Wildman–Crippen LogP) is 4.09. The van der Waals surface area contributed by atoms with Gasteiger partial charge in [0.2, 0.25) is 0 Å². The molecule has 0 atom stereocenters. The Bertz CT molecular complexity index is 556. The molecule has 0 heterocycles. The van der Waals surface area contributed by atoms with Crippen LogP contribution < -0.4 is 4.74 Å². The number of nitrogens with zero attached hydrogens (tertiary/aromatic N) is 1. The fourth-order valence-corrected chi connectivity index (χ4v) is 1.58. The molecule has 0 aliphatic heterocycles. The Morgan fingerprint density at radius 3 is 2.44 bits per heavy atom. The molecule has 0 saturated carbocycles. The minimum Gasteiger partial charge on any atom is -0.497 e. The van der Waals surface area contributed by atoms with Crippen LogP contribution in [0.25, 0.3) is 6.08 Å². The second-order valence-electron chi connectivity index (χ2n) is 3.83. The van der Waals surface area contributed by atoms with E-state index in [0.717, 1.165) is 22.6 Å². The van der Waals surface area contributed by atoms with E-state index >= 15 is 0 Å². The molecule has 0 N–H and O–H groups in total. The lowest BCUT2D eigenvalue weighted by molar-refractivity contribution is 0.415. The zero-order valence-electron chi connectivity index (χ0n) is 10.3. The van der Waals surface area contributed by atoms with Crippen LogP contribution in [-0.4, -0.2) is 13.3 Å². The number of hydrogen-bond donors (Lipinski definition) is 0. The van der Waals surface area contributed by atoms with Gasteiger partial charge in [-0.3, -0.25) is 4.99 Å². The monoisotopic (exact) mass is 237 g/mol. The number of rotatable bonds is 4. The number of methoxy groups -OCH3 is 1. The molecule has 2 aromatic carbocycles. The van der Waals surface area contributed by atoms with E-state index in [0.29, 0.717) is 0 Å². The Morgan fingerprint density at radius 2 is 1.78 bits per heavy atom. The lowest BCUT2D eigenvalue weighted by Crippen LogP contribution is -1.82. The second kappa shape index (κ2) is 5.82. The van der Waals surface area contributed by atoms with Gasteiger partial charge in [-0.15, -0.1) is 0 Å². The first-order valence-corrected chi connectivity index (χ1v) is 5.72. The summed E-state index contributed by atoms with van der Waals surface area (Å²) >= 11 is 0. The molecule has 0 saturated heterocycles. The Morgan fingerprint density at radius 1 is 1.06 bits per heavy atom. The van der Waals surface area contributed by atoms with E-state index in [9.17, 15) is 0 Å². The Balaban J connectivity index is 2.15. The molecule has 0 unspecified atom stereocenters. The summed E-state index contributed by atoms with van der Waals surface area (Å²) < 4.78 is 5.10. The zero-order valence-corrected chi connectivity index (χ0v) is 10.3. The van der Waals surface area contributed by atoms with Gasteiger partial charge in [0.1, 0.15) is 5.75 Å². The first-order chi connectivity index (χ1) is 8.81. The fourth-order valence-electron chi connectivity index (χ4n) is 1.58. The first kappa shape index (κ1) is 12.1. The number of aliphatic imine (C=N–C) groups is 1. The Kier molecular flexibility index (Phi) is 3.92. The topological polar surface area (TPSA) is 21.6 Å². The van der Waals surface area contributed by atoms with Crippen LogP contribution in [-0.2, 0) is 0 Å². The molecule has 90 valence electrons. The van der Waals surface area contributed by atoms with E-state index in [4.69, 9.17) is 4.74 Å². The smallest absolute Gasteiger partial charge is 0.119 e. The van der Waals surface area contributed by atoms with Crippen molar-refractivity contribution >= 4 is 18.0 Å². The van der Waals surface area contributed by atoms with Crippen LogP contribution in [0.3, 0.4) is 0 Å². The summed E-state index contributed by atoms with van der Waals surface area (Å²) in [6, 6.07) is 15.7. The summed E-state index contributed by atoms with van der Waals surface area (Å²) in [5, 5.41) is 0. The van der Waals surface area contributed by atoms with E-state index in [1.165, 1.54) is 0 Å². The highest BCUT2D eigenvalue weighted by atomic mass is 16.5. The van der Waals surface area contributed by atoms with Gasteiger partial charge in [0, 0.05) is 6.21 Å². The van der Waals surface area contributed by atoms with E-state index in [-0.39, 0.29) is 0 Å². The van der Waals surface area contributed by atoms with Gasteiger partial charge in [-0.1, -0.05) is 30.9 Å². The maximum absolute atomic E-state index is 5.10. The second-order valence-corrected chi connectivity index (χ2v) is 3.83. The Labute approximate surface area is 107 Å². The van der Waals surface area contributed by atoms with Crippen LogP contribution >= 0.6 is 0 Å². The highest BCUT2D eigenvalue weighted by Gasteiger charge is 1.92. The van der Waals surface area contributed by atoms with E-state index in [1.54, 1.807) is 7.11 Å². The predicted molar refractivity (Wildman–Crippen MR) is 76.8 cm³/mol. The van der Waals surface area contributed by atoms with Crippen LogP contribution in [0.2, 0.25) is 0 Å². The summed E-state index contributed by atoms with van der Waals surface area (Å²) in [5.41, 5.74) is 3.05. The van der Waals surface area contributed by atoms with Gasteiger partial charge in [0.05, 0.1) is 12.8 Å². The third-order valence-electron chi connectivity index (χ3n) is 2.58. The fraction of sp³-hybridized carbons (Fsp3) is 0.0625. The molecule has 2 rings (SSSR count). The third-order valence-corrected chi connectivity index (χ3v) is 2.58. The number of hydrogen-bond acceptors (Lipinski definition) is 2. The average molecular weight is 237 g/mol. The van der Waals surface area contributed by atoms with Crippen molar-refractivity contribution in [3.8, 4) is 5.75 Å². The van der Waals surface area contributed by atoms with Crippen molar-refractivity contribution in [2.45, 2.75) is 0 Å². The molecule has 2 heteroatoms. The largest absolute Gasteiger partial charge is 0.497 e. The van der Waals surface area contributed by atoms with Gasteiger partial charge in [-0.25, -0.2) is 0 Å². The SMILES string of the molecule is C=Cc1cccc(C=Nc2ccc(OC)cc2)c1. The highest BCUT2D eigenvalue weighted by Crippen LogP contribution is 2.17. The van der Waals surface area contributed by atoms with Gasteiger partial charge in [0.15, 0.2) is 0 Å². The van der Waals surface area contributed by atoms with E-state index in [2.05, 4.69) is 11.6 Å². The average Bonchev–Trinajstić information content (AvgIpc) is 2.46. The van der Waals surface area contributed by atoms with Crippen LogP contribution in [0, 0.1) is 0 Å². The summed E-state index contributed by atoms with van der Waals surface area (Å²) in [6.07, 6.45) is 3.67. The lowest BCUT2D eigenvalue weighted by atomic mass is 10.1. The maximum atomic E-state index is 5.10. The van der Waals surface area contributed by atoms with E-state index < -0.39 is 0 Å². The molecule has 0 aromatic heterocycles. The molecular formula is C16H15NO. The molecule has 0 amide bonds. The van der Waals surface area contributed by atoms with Crippen molar-refractivity contribution in [2.24, 2.45) is 4.99 Å². The summed E-state index contributed by atoms with van der Waals surface area (Å²) in [4.78, 5) is 4.41. The normalized spacial score (nSPS) is 10.5. The Hall–Kier alpha value is -2.35. The van der Waals surface area contributed by atoms with Crippen molar-refractivity contribution in [2.75, 3.05) is 7.11 Å². The first-order valence-electron chi connectivity index (χ1n) is 5.72. The molecule has 0 aliphatic carbocycles. The molecule has 0 radical (unpaired) electrons. The summed E-state index contributed by atoms with van der Waals surface area (Å²) in [7, 11) is 1.65. The lowest BCUT2D eigenvalue weighted by Gasteiger charge is -1.99. The molecule has 0 fully saturated rings. The van der Waals surface area contributed by atoms with Crippen LogP contribution in [0.5, 0.6) is 5.75 Å². The molecular weight excluding hydrogens is 222 g/mol. The van der Waals surface area contributed by atoms with E-state index in [1.807, 2.05) is 60.8 Å². The molecule has 0 bridgehead atoms. The third kappa shape index (κ3) is 3.08. The van der Waals surface area contributed by atoms with Gasteiger partial charge >= 0.3 is 0 Å². The van der Waals surface area contributed by atoms with Crippen molar-refractivity contribution in [1.29, 1.82) is 0 Å². The summed E-state index contributed by atoms with van der Waals surface area (Å²) in [5.74, 6) is 0.836. The van der Waals surface area contributed by atoms with Crippen LogP contribution in [0.1, 0.15) is 11.1 Å². The molecule has 0 aliphatic rings. The highest BCUT2D eigenvalue weighted by molar-refractivity contribution is 5.82. The minimum absolute atomic E-state index is 0.836. The van der Waals surface area contributed by atoms with Crippen molar-refractivity contribution < 1.29 is 4.74 Å². The van der Waals surface area contributed by atoms with Crippen molar-refractivity contribution in [3.63, 3.8) is 0 Å². The van der Waals surface area contributed by atoms with Gasteiger partial charge in [-0.2, -0.15) is 0 Å². The van der Waals surface area contributed by atoms with Gasteiger partial charge in [-0.05, 0) is 41.5 Å². The molecule has 18 heavy (non-hydrogen) atoms. The van der Waals surface area contributed by atoms with Gasteiger partial charge in [0.25, 0.3) is 0 Å². The molecule has 2 nitrogen and oxygen atoms in total. The summed E-state index contributed by atoms with van der Waals surface area (Å²) in [6.45, 7) is 3.75. The van der Waals surface area contributed by atoms with Crippen LogP contribution in [0.4, 0.5) is 5.69 Å². The molecule has 0 spiro atoms. The number of benzene rings is 2. The van der Waals surface area contributed by atoms with Crippen molar-refractivity contribution in [1.82, 2.24) is 0 Å². The zero-order chi connectivity index (χ0) is 12.8. The van der Waals surface area contributed by atoms with Crippen LogP contribution in [0.15, 0.2) is 60.1 Å². The molecule has 2 aromatic rings. The quantitative estimate of drug-likeness (QED) is 0.734. The van der Waals surface area contributed by atoms with Gasteiger partial charge < -0.3 is 4.74 Å². The number of ether oxygens (including phenoxy) is 1. The van der Waals surface area contributed by atoms with Crippen molar-refractivity contribution in [3.05, 3.63) is 66.2 Å². The standard InChI is InChI=1S/C16H15NO/c1-3-13-5-4-6-14(11-13)12-17-15-7-9-16(18-2)10-8-15/h3-12H,1H2,2H3. The maximum Gasteiger partial charge on any atom is 0.119 e. The minimum atomic E-state index is 0.836.